The number of hydrogen-bond acceptors (Lipinski definition) is 3. The number of hydrogen-bond donors (Lipinski definition) is 3. The zero-order chi connectivity index (χ0) is 13.4. The SMILES string of the molecule is CNCc1nc(-c2ccc3nc(C)[nH]c3c2)c(Br)[nH]1. The first-order chi connectivity index (χ1) is 9.17. The van der Waals surface area contributed by atoms with E-state index >= 15 is 0 Å². The molecule has 0 aliphatic rings. The highest BCUT2D eigenvalue weighted by Crippen LogP contribution is 2.28. The molecule has 0 atom stereocenters. The molecule has 0 bridgehead atoms. The van der Waals surface area contributed by atoms with E-state index < -0.39 is 0 Å². The highest BCUT2D eigenvalue weighted by atomic mass is 79.9. The maximum absolute atomic E-state index is 4.58. The van der Waals surface area contributed by atoms with E-state index in [2.05, 4.69) is 47.2 Å². The molecule has 0 aliphatic carbocycles. The topological polar surface area (TPSA) is 69.4 Å². The molecule has 0 aliphatic heterocycles. The summed E-state index contributed by atoms with van der Waals surface area (Å²) in [5, 5.41) is 3.08. The number of aryl methyl sites for hydroxylation is 1. The number of nitrogens with zero attached hydrogens (tertiary/aromatic N) is 2. The predicted molar refractivity (Wildman–Crippen MR) is 78.9 cm³/mol. The van der Waals surface area contributed by atoms with Gasteiger partial charge in [-0.3, -0.25) is 0 Å². The Morgan fingerprint density at radius 1 is 1.26 bits per heavy atom. The quantitative estimate of drug-likeness (QED) is 0.695. The van der Waals surface area contributed by atoms with Gasteiger partial charge >= 0.3 is 0 Å². The van der Waals surface area contributed by atoms with Crippen LogP contribution in [0.5, 0.6) is 0 Å². The summed E-state index contributed by atoms with van der Waals surface area (Å²) in [6.45, 7) is 2.67. The van der Waals surface area contributed by atoms with Crippen LogP contribution in [0.4, 0.5) is 0 Å². The number of nitrogens with one attached hydrogen (secondary N) is 3. The Morgan fingerprint density at radius 3 is 2.89 bits per heavy atom. The van der Waals surface area contributed by atoms with Crippen LogP contribution in [0.15, 0.2) is 22.8 Å². The number of fused-ring (bicyclic) bond motifs is 1. The lowest BCUT2D eigenvalue weighted by Gasteiger charge is -1.97. The van der Waals surface area contributed by atoms with Gasteiger partial charge in [-0.15, -0.1) is 0 Å². The summed E-state index contributed by atoms with van der Waals surface area (Å²) in [6, 6.07) is 6.11. The maximum Gasteiger partial charge on any atom is 0.121 e. The molecular formula is C13H14BrN5. The maximum atomic E-state index is 4.58. The molecule has 2 heterocycles. The molecule has 0 fully saturated rings. The zero-order valence-electron chi connectivity index (χ0n) is 10.7. The standard InChI is InChI=1S/C13H14BrN5/c1-7-16-9-4-3-8(5-10(9)17-7)12-13(14)19-11(18-12)6-15-2/h3-5,15H,6H2,1-2H3,(H,16,17)(H,18,19). The second-order valence-electron chi connectivity index (χ2n) is 4.43. The highest BCUT2D eigenvalue weighted by Gasteiger charge is 2.11. The number of rotatable bonds is 3. The first-order valence-corrected chi connectivity index (χ1v) is 6.82. The van der Waals surface area contributed by atoms with Gasteiger partial charge in [0.15, 0.2) is 0 Å². The van der Waals surface area contributed by atoms with Crippen LogP contribution in [0.3, 0.4) is 0 Å². The van der Waals surface area contributed by atoms with Gasteiger partial charge in [-0.1, -0.05) is 6.07 Å². The molecule has 5 nitrogen and oxygen atoms in total. The summed E-state index contributed by atoms with van der Waals surface area (Å²) in [5.41, 5.74) is 3.98. The van der Waals surface area contributed by atoms with Crippen molar-refractivity contribution in [3.63, 3.8) is 0 Å². The highest BCUT2D eigenvalue weighted by molar-refractivity contribution is 9.10. The smallest absolute Gasteiger partial charge is 0.121 e. The molecule has 3 aromatic rings. The van der Waals surface area contributed by atoms with Gasteiger partial charge in [0.05, 0.1) is 17.6 Å². The van der Waals surface area contributed by atoms with Crippen molar-refractivity contribution in [1.29, 1.82) is 0 Å². The van der Waals surface area contributed by atoms with E-state index in [1.54, 1.807) is 0 Å². The van der Waals surface area contributed by atoms with Crippen molar-refractivity contribution < 1.29 is 0 Å². The van der Waals surface area contributed by atoms with Crippen molar-refractivity contribution in [2.75, 3.05) is 7.05 Å². The molecule has 0 saturated carbocycles. The normalized spacial score (nSPS) is 11.3. The van der Waals surface area contributed by atoms with Crippen LogP contribution in [0.25, 0.3) is 22.3 Å². The number of aromatic amines is 2. The molecule has 3 N–H and O–H groups in total. The summed E-state index contributed by atoms with van der Waals surface area (Å²) >= 11 is 3.52. The molecule has 3 rings (SSSR count). The zero-order valence-corrected chi connectivity index (χ0v) is 12.3. The Kier molecular flexibility index (Phi) is 3.12. The van der Waals surface area contributed by atoms with E-state index in [4.69, 9.17) is 0 Å². The summed E-state index contributed by atoms with van der Waals surface area (Å²) in [6.07, 6.45) is 0. The average molecular weight is 320 g/mol. The fourth-order valence-corrected chi connectivity index (χ4v) is 2.67. The molecular weight excluding hydrogens is 306 g/mol. The molecule has 6 heteroatoms. The number of halogens is 1. The van der Waals surface area contributed by atoms with Crippen LogP contribution >= 0.6 is 15.9 Å². The predicted octanol–water partition coefficient (Wildman–Crippen LogP) is 2.74. The summed E-state index contributed by atoms with van der Waals surface area (Å²) < 4.78 is 0.897. The van der Waals surface area contributed by atoms with Crippen LogP contribution in [0.2, 0.25) is 0 Å². The van der Waals surface area contributed by atoms with Gasteiger partial charge in [0.25, 0.3) is 0 Å². The molecule has 0 amide bonds. The third-order valence-corrected chi connectivity index (χ3v) is 3.50. The monoisotopic (exact) mass is 319 g/mol. The third kappa shape index (κ3) is 2.29. The van der Waals surface area contributed by atoms with Gasteiger partial charge in [0.1, 0.15) is 21.9 Å². The van der Waals surface area contributed by atoms with E-state index in [0.717, 1.165) is 38.5 Å². The van der Waals surface area contributed by atoms with Gasteiger partial charge in [0.2, 0.25) is 0 Å². The van der Waals surface area contributed by atoms with Gasteiger partial charge in [0, 0.05) is 5.56 Å². The molecule has 0 unspecified atom stereocenters. The van der Waals surface area contributed by atoms with Crippen molar-refractivity contribution >= 4 is 27.0 Å². The van der Waals surface area contributed by atoms with Crippen LogP contribution < -0.4 is 5.32 Å². The number of H-pyrrole nitrogens is 2. The van der Waals surface area contributed by atoms with Crippen LogP contribution in [0, 0.1) is 6.92 Å². The van der Waals surface area contributed by atoms with Gasteiger partial charge < -0.3 is 15.3 Å². The van der Waals surface area contributed by atoms with Crippen LogP contribution in [-0.2, 0) is 6.54 Å². The lowest BCUT2D eigenvalue weighted by atomic mass is 10.1. The largest absolute Gasteiger partial charge is 0.342 e. The summed E-state index contributed by atoms with van der Waals surface area (Å²) in [7, 11) is 1.90. The number of aromatic nitrogens is 4. The Hall–Kier alpha value is -1.66. The minimum Gasteiger partial charge on any atom is -0.342 e. The van der Waals surface area contributed by atoms with Crippen LogP contribution in [0.1, 0.15) is 11.6 Å². The van der Waals surface area contributed by atoms with Crippen molar-refractivity contribution in [2.45, 2.75) is 13.5 Å². The molecule has 19 heavy (non-hydrogen) atoms. The van der Waals surface area contributed by atoms with Crippen molar-refractivity contribution in [3.05, 3.63) is 34.5 Å². The van der Waals surface area contributed by atoms with Crippen molar-refractivity contribution in [1.82, 2.24) is 25.3 Å². The summed E-state index contributed by atoms with van der Waals surface area (Å²) in [4.78, 5) is 15.4. The van der Waals surface area contributed by atoms with E-state index in [1.807, 2.05) is 26.1 Å². The first kappa shape index (κ1) is 12.4. The lowest BCUT2D eigenvalue weighted by Crippen LogP contribution is -2.06. The van der Waals surface area contributed by atoms with E-state index in [-0.39, 0.29) is 0 Å². The fourth-order valence-electron chi connectivity index (χ4n) is 2.12. The van der Waals surface area contributed by atoms with Crippen molar-refractivity contribution in [3.8, 4) is 11.3 Å². The molecule has 1 aromatic carbocycles. The molecule has 98 valence electrons. The second kappa shape index (κ2) is 4.79. The molecule has 2 aromatic heterocycles. The summed E-state index contributed by atoms with van der Waals surface area (Å²) in [5.74, 6) is 1.83. The van der Waals surface area contributed by atoms with E-state index in [1.165, 1.54) is 0 Å². The Bertz CT molecular complexity index is 728. The number of benzene rings is 1. The molecule has 0 radical (unpaired) electrons. The van der Waals surface area contributed by atoms with Gasteiger partial charge in [-0.25, -0.2) is 9.97 Å². The molecule has 0 saturated heterocycles. The van der Waals surface area contributed by atoms with E-state index in [9.17, 15) is 0 Å². The first-order valence-electron chi connectivity index (χ1n) is 6.03. The Labute approximate surface area is 119 Å². The average Bonchev–Trinajstić information content (AvgIpc) is 2.90. The Morgan fingerprint density at radius 2 is 2.11 bits per heavy atom. The number of imidazole rings is 2. The van der Waals surface area contributed by atoms with Gasteiger partial charge in [-0.2, -0.15) is 0 Å². The third-order valence-electron chi connectivity index (χ3n) is 2.93. The van der Waals surface area contributed by atoms with Crippen molar-refractivity contribution in [2.24, 2.45) is 0 Å². The lowest BCUT2D eigenvalue weighted by molar-refractivity contribution is 0.771. The fraction of sp³-hybridized carbons (Fsp3) is 0.231. The van der Waals surface area contributed by atoms with Gasteiger partial charge in [-0.05, 0) is 42.0 Å². The molecule has 0 spiro atoms. The Balaban J connectivity index is 2.07. The van der Waals surface area contributed by atoms with E-state index in [0.29, 0.717) is 6.54 Å². The minimum absolute atomic E-state index is 0.712. The second-order valence-corrected chi connectivity index (χ2v) is 5.22. The minimum atomic E-state index is 0.712. The van der Waals surface area contributed by atoms with Crippen LogP contribution in [-0.4, -0.2) is 27.0 Å².